The minimum absolute atomic E-state index is 0. The Labute approximate surface area is 203 Å². The molecule has 0 atom stereocenters. The maximum absolute atomic E-state index is 12.7. The fourth-order valence-electron chi connectivity index (χ4n) is 3.16. The smallest absolute Gasteiger partial charge is 0.243 e. The van der Waals surface area contributed by atoms with E-state index in [0.717, 1.165) is 24.8 Å². The van der Waals surface area contributed by atoms with Gasteiger partial charge >= 0.3 is 0 Å². The van der Waals surface area contributed by atoms with Gasteiger partial charge in [-0.1, -0.05) is 18.6 Å². The normalized spacial score (nSPS) is 15.7. The molecule has 0 aliphatic carbocycles. The molecule has 1 aliphatic heterocycles. The second-order valence-corrected chi connectivity index (χ2v) is 10.4. The summed E-state index contributed by atoms with van der Waals surface area (Å²) in [6, 6.07) is 6.87. The second-order valence-electron chi connectivity index (χ2n) is 8.46. The Morgan fingerprint density at radius 1 is 1.06 bits per heavy atom. The summed E-state index contributed by atoms with van der Waals surface area (Å²) in [6.45, 7) is 10.1. The molecule has 1 aromatic rings. The highest BCUT2D eigenvalue weighted by Gasteiger charge is 2.25. The highest BCUT2D eigenvalue weighted by Crippen LogP contribution is 2.21. The van der Waals surface area contributed by atoms with E-state index in [9.17, 15) is 13.2 Å². The molecule has 0 bridgehead atoms. The summed E-state index contributed by atoms with van der Waals surface area (Å²) in [7, 11) is -3.42. The van der Waals surface area contributed by atoms with E-state index in [2.05, 4.69) is 20.9 Å². The van der Waals surface area contributed by atoms with Gasteiger partial charge in [0, 0.05) is 25.2 Å². The number of nitrogens with one attached hydrogen (secondary N) is 3. The molecule has 0 unspecified atom stereocenters. The lowest BCUT2D eigenvalue weighted by Crippen LogP contribution is -2.48. The number of carbonyl (C=O) groups is 1. The van der Waals surface area contributed by atoms with Gasteiger partial charge in [-0.25, -0.2) is 13.4 Å². The summed E-state index contributed by atoms with van der Waals surface area (Å²) >= 11 is 0. The molecule has 2 rings (SSSR count). The van der Waals surface area contributed by atoms with Crippen LogP contribution < -0.4 is 16.0 Å². The van der Waals surface area contributed by atoms with Crippen molar-refractivity contribution in [2.45, 2.75) is 63.9 Å². The SMILES string of the molecule is CCNC(=NCc1ccc(S(=O)(=O)N2CCCCC2)cc1)NCC(=O)NC(C)(C)C.I. The Balaban J connectivity index is 0.00000480. The van der Waals surface area contributed by atoms with Gasteiger partial charge in [0.2, 0.25) is 15.9 Å². The zero-order valence-electron chi connectivity index (χ0n) is 18.9. The van der Waals surface area contributed by atoms with Gasteiger partial charge in [-0.3, -0.25) is 4.79 Å². The average Bonchev–Trinajstić information content (AvgIpc) is 2.70. The molecular formula is C21H36IN5O3S. The van der Waals surface area contributed by atoms with E-state index < -0.39 is 10.0 Å². The van der Waals surface area contributed by atoms with E-state index in [4.69, 9.17) is 0 Å². The van der Waals surface area contributed by atoms with Crippen LogP contribution in [0, 0.1) is 0 Å². The molecule has 31 heavy (non-hydrogen) atoms. The van der Waals surface area contributed by atoms with Crippen LogP contribution in [0.1, 0.15) is 52.5 Å². The van der Waals surface area contributed by atoms with E-state index in [1.807, 2.05) is 27.7 Å². The zero-order chi connectivity index (χ0) is 22.2. The van der Waals surface area contributed by atoms with Crippen molar-refractivity contribution in [1.82, 2.24) is 20.3 Å². The highest BCUT2D eigenvalue weighted by molar-refractivity contribution is 14.0. The first-order valence-electron chi connectivity index (χ1n) is 10.5. The third-order valence-electron chi connectivity index (χ3n) is 4.57. The molecule has 1 fully saturated rings. The van der Waals surface area contributed by atoms with Crippen molar-refractivity contribution in [2.75, 3.05) is 26.2 Å². The maximum atomic E-state index is 12.7. The van der Waals surface area contributed by atoms with Crippen LogP contribution in [0.15, 0.2) is 34.2 Å². The van der Waals surface area contributed by atoms with E-state index in [-0.39, 0.29) is 42.0 Å². The Morgan fingerprint density at radius 2 is 1.68 bits per heavy atom. The largest absolute Gasteiger partial charge is 0.357 e. The number of carbonyl (C=O) groups excluding carboxylic acids is 1. The van der Waals surface area contributed by atoms with Crippen molar-refractivity contribution in [3.8, 4) is 0 Å². The second kappa shape index (κ2) is 12.6. The van der Waals surface area contributed by atoms with Crippen LogP contribution in [0.3, 0.4) is 0 Å². The molecule has 3 N–H and O–H groups in total. The van der Waals surface area contributed by atoms with E-state index in [0.29, 0.717) is 37.0 Å². The number of amides is 1. The standard InChI is InChI=1S/C21H35N5O3S.HI/c1-5-22-20(24-16-19(27)25-21(2,3)4)23-15-17-9-11-18(12-10-17)30(28,29)26-13-7-6-8-14-26;/h9-12H,5-8,13-16H2,1-4H3,(H,25,27)(H2,22,23,24);1H. The van der Waals surface area contributed by atoms with Crippen molar-refractivity contribution in [1.29, 1.82) is 0 Å². The molecule has 10 heteroatoms. The molecule has 8 nitrogen and oxygen atoms in total. The number of halogens is 1. The number of benzene rings is 1. The predicted molar refractivity (Wildman–Crippen MR) is 135 cm³/mol. The van der Waals surface area contributed by atoms with Crippen LogP contribution in [0.5, 0.6) is 0 Å². The van der Waals surface area contributed by atoms with Crippen molar-refractivity contribution >= 4 is 45.9 Å². The van der Waals surface area contributed by atoms with Crippen molar-refractivity contribution in [3.05, 3.63) is 29.8 Å². The molecule has 1 amide bonds. The lowest BCUT2D eigenvalue weighted by molar-refractivity contribution is -0.121. The van der Waals surface area contributed by atoms with E-state index in [1.54, 1.807) is 28.6 Å². The number of rotatable bonds is 7. The maximum Gasteiger partial charge on any atom is 0.243 e. The molecular weight excluding hydrogens is 529 g/mol. The van der Waals surface area contributed by atoms with Gasteiger partial charge in [0.25, 0.3) is 0 Å². The zero-order valence-corrected chi connectivity index (χ0v) is 22.0. The van der Waals surface area contributed by atoms with Crippen LogP contribution in [0.25, 0.3) is 0 Å². The quantitative estimate of drug-likeness (QED) is 0.268. The molecule has 1 saturated heterocycles. The Hall–Kier alpha value is -1.40. The molecule has 0 saturated carbocycles. The van der Waals surface area contributed by atoms with Gasteiger partial charge in [0.05, 0.1) is 18.0 Å². The summed E-state index contributed by atoms with van der Waals surface area (Å²) < 4.78 is 27.0. The first kappa shape index (κ1) is 27.6. The lowest BCUT2D eigenvalue weighted by Gasteiger charge is -2.25. The molecule has 176 valence electrons. The minimum atomic E-state index is -3.42. The molecule has 1 aromatic carbocycles. The highest BCUT2D eigenvalue weighted by atomic mass is 127. The molecule has 0 spiro atoms. The summed E-state index contributed by atoms with van der Waals surface area (Å²) in [5.74, 6) is 0.423. The third kappa shape index (κ3) is 9.32. The van der Waals surface area contributed by atoms with Gasteiger partial charge in [0.15, 0.2) is 5.96 Å². The van der Waals surface area contributed by atoms with Crippen LogP contribution in [-0.2, 0) is 21.4 Å². The van der Waals surface area contributed by atoms with Crippen LogP contribution >= 0.6 is 24.0 Å². The summed E-state index contributed by atoms with van der Waals surface area (Å²) in [4.78, 5) is 16.8. The van der Waals surface area contributed by atoms with Gasteiger partial charge in [-0.15, -0.1) is 24.0 Å². The van der Waals surface area contributed by atoms with E-state index >= 15 is 0 Å². The van der Waals surface area contributed by atoms with Crippen LogP contribution in [-0.4, -0.2) is 56.3 Å². The number of hydrogen-bond donors (Lipinski definition) is 3. The van der Waals surface area contributed by atoms with Crippen molar-refractivity contribution in [3.63, 3.8) is 0 Å². The number of sulfonamides is 1. The topological polar surface area (TPSA) is 103 Å². The Bertz CT molecular complexity index is 830. The van der Waals surface area contributed by atoms with Crippen molar-refractivity contribution < 1.29 is 13.2 Å². The van der Waals surface area contributed by atoms with Gasteiger partial charge < -0.3 is 16.0 Å². The fourth-order valence-corrected chi connectivity index (χ4v) is 4.68. The molecule has 0 aromatic heterocycles. The summed E-state index contributed by atoms with van der Waals surface area (Å²) in [5, 5.41) is 9.01. The molecule has 1 heterocycles. The minimum Gasteiger partial charge on any atom is -0.357 e. The number of aliphatic imine (C=N–C) groups is 1. The van der Waals surface area contributed by atoms with Gasteiger partial charge in [-0.05, 0) is 58.2 Å². The monoisotopic (exact) mass is 565 g/mol. The lowest BCUT2D eigenvalue weighted by atomic mass is 10.1. The number of hydrogen-bond acceptors (Lipinski definition) is 4. The average molecular weight is 566 g/mol. The molecule has 1 aliphatic rings. The molecule has 0 radical (unpaired) electrons. The van der Waals surface area contributed by atoms with Crippen LogP contribution in [0.2, 0.25) is 0 Å². The van der Waals surface area contributed by atoms with Gasteiger partial charge in [0.1, 0.15) is 0 Å². The number of nitrogens with zero attached hydrogens (tertiary/aromatic N) is 2. The first-order valence-corrected chi connectivity index (χ1v) is 12.0. The number of piperidine rings is 1. The summed E-state index contributed by atoms with van der Waals surface area (Å²) in [5.41, 5.74) is 0.605. The van der Waals surface area contributed by atoms with Crippen LogP contribution in [0.4, 0.5) is 0 Å². The Kier molecular flexibility index (Phi) is 11.2. The predicted octanol–water partition coefficient (Wildman–Crippen LogP) is 2.45. The fraction of sp³-hybridized carbons (Fsp3) is 0.619. The summed E-state index contributed by atoms with van der Waals surface area (Å²) in [6.07, 6.45) is 2.92. The number of guanidine groups is 1. The first-order chi connectivity index (χ1) is 14.1. The third-order valence-corrected chi connectivity index (χ3v) is 6.48. The van der Waals surface area contributed by atoms with Gasteiger partial charge in [-0.2, -0.15) is 4.31 Å². The Morgan fingerprint density at radius 3 is 2.23 bits per heavy atom. The van der Waals surface area contributed by atoms with Crippen molar-refractivity contribution in [2.24, 2.45) is 4.99 Å². The van der Waals surface area contributed by atoms with E-state index in [1.165, 1.54) is 0 Å².